The lowest BCUT2D eigenvalue weighted by Crippen LogP contribution is -2.54. The summed E-state index contributed by atoms with van der Waals surface area (Å²) in [5.74, 6) is -0.0662. The molecule has 0 aromatic heterocycles. The van der Waals surface area contributed by atoms with Crippen LogP contribution in [0.3, 0.4) is 0 Å². The van der Waals surface area contributed by atoms with E-state index in [1.807, 2.05) is 18.2 Å². The minimum Gasteiger partial charge on any atom is -0.345 e. The number of carbonyl (C=O) groups excluding carboxylic acids is 1. The normalized spacial score (nSPS) is 19.6. The van der Waals surface area contributed by atoms with Crippen molar-refractivity contribution in [1.29, 1.82) is 0 Å². The van der Waals surface area contributed by atoms with E-state index in [0.29, 0.717) is 0 Å². The van der Waals surface area contributed by atoms with Crippen LogP contribution in [0.2, 0.25) is 0 Å². The molecule has 3 N–H and O–H groups in total. The van der Waals surface area contributed by atoms with Gasteiger partial charge in [0.05, 0.1) is 11.6 Å². The smallest absolute Gasteiger partial charge is 0.237 e. The predicted molar refractivity (Wildman–Crippen MR) is 63.8 cm³/mol. The molecule has 0 bridgehead atoms. The van der Waals surface area contributed by atoms with Gasteiger partial charge in [0.1, 0.15) is 0 Å². The van der Waals surface area contributed by atoms with E-state index in [2.05, 4.69) is 17.4 Å². The molecule has 1 fully saturated rings. The molecule has 3 heteroatoms. The van der Waals surface area contributed by atoms with Crippen molar-refractivity contribution in [2.24, 2.45) is 5.73 Å². The van der Waals surface area contributed by atoms with Crippen LogP contribution >= 0.6 is 0 Å². The van der Waals surface area contributed by atoms with E-state index in [0.717, 1.165) is 19.3 Å². The quantitative estimate of drug-likeness (QED) is 0.808. The Bertz CT molecular complexity index is 369. The number of benzene rings is 1. The van der Waals surface area contributed by atoms with Crippen molar-refractivity contribution in [3.05, 3.63) is 35.9 Å². The number of rotatable bonds is 3. The minimum atomic E-state index is -0.443. The molecule has 0 saturated heterocycles. The Morgan fingerprint density at radius 1 is 1.38 bits per heavy atom. The highest BCUT2D eigenvalue weighted by molar-refractivity contribution is 5.82. The molecule has 1 aliphatic rings. The zero-order chi connectivity index (χ0) is 11.6. The van der Waals surface area contributed by atoms with Crippen LogP contribution in [0, 0.1) is 0 Å². The lowest BCUT2D eigenvalue weighted by atomic mass is 9.71. The molecular weight excluding hydrogens is 200 g/mol. The van der Waals surface area contributed by atoms with Crippen molar-refractivity contribution >= 4 is 5.91 Å². The van der Waals surface area contributed by atoms with Crippen LogP contribution < -0.4 is 11.1 Å². The van der Waals surface area contributed by atoms with Crippen LogP contribution in [-0.4, -0.2) is 11.9 Å². The van der Waals surface area contributed by atoms with Crippen LogP contribution in [0.15, 0.2) is 30.3 Å². The molecule has 1 amide bonds. The van der Waals surface area contributed by atoms with Crippen LogP contribution in [0.25, 0.3) is 0 Å². The fraction of sp³-hybridized carbons (Fsp3) is 0.462. The first-order chi connectivity index (χ1) is 7.64. The van der Waals surface area contributed by atoms with Crippen LogP contribution in [0.4, 0.5) is 0 Å². The number of nitrogens with one attached hydrogen (secondary N) is 1. The fourth-order valence-electron chi connectivity index (χ4n) is 2.12. The summed E-state index contributed by atoms with van der Waals surface area (Å²) >= 11 is 0. The van der Waals surface area contributed by atoms with Gasteiger partial charge in [-0.25, -0.2) is 0 Å². The van der Waals surface area contributed by atoms with E-state index in [4.69, 9.17) is 5.73 Å². The molecule has 2 rings (SSSR count). The van der Waals surface area contributed by atoms with Gasteiger partial charge in [-0.2, -0.15) is 0 Å². The molecule has 0 unspecified atom stereocenters. The zero-order valence-electron chi connectivity index (χ0n) is 9.57. The second kappa shape index (κ2) is 4.26. The Labute approximate surface area is 96.0 Å². The number of hydrogen-bond acceptors (Lipinski definition) is 2. The molecule has 0 radical (unpaired) electrons. The van der Waals surface area contributed by atoms with E-state index in [1.54, 1.807) is 6.92 Å². The number of nitrogens with two attached hydrogens (primary N) is 1. The van der Waals surface area contributed by atoms with E-state index in [9.17, 15) is 4.79 Å². The van der Waals surface area contributed by atoms with Gasteiger partial charge in [-0.3, -0.25) is 4.79 Å². The summed E-state index contributed by atoms with van der Waals surface area (Å²) in [6.07, 6.45) is 3.18. The van der Waals surface area contributed by atoms with E-state index in [1.165, 1.54) is 5.56 Å². The van der Waals surface area contributed by atoms with Gasteiger partial charge >= 0.3 is 0 Å². The van der Waals surface area contributed by atoms with Crippen molar-refractivity contribution in [1.82, 2.24) is 5.32 Å². The summed E-state index contributed by atoms with van der Waals surface area (Å²) in [5.41, 5.74) is 6.62. The van der Waals surface area contributed by atoms with Gasteiger partial charge in [0.15, 0.2) is 0 Å². The summed E-state index contributed by atoms with van der Waals surface area (Å²) in [4.78, 5) is 11.7. The predicted octanol–water partition coefficient (Wildman–Crippen LogP) is 1.53. The number of carbonyl (C=O) groups is 1. The Balaban J connectivity index is 2.18. The standard InChI is InChI=1S/C13H18N2O/c1-10(14)12(16)15-13(8-5-9-13)11-6-3-2-4-7-11/h2-4,6-7,10H,5,8-9,14H2,1H3,(H,15,16)/t10-/m0/s1. The molecular formula is C13H18N2O. The second-order valence-corrected chi connectivity index (χ2v) is 4.58. The van der Waals surface area contributed by atoms with E-state index in [-0.39, 0.29) is 11.4 Å². The summed E-state index contributed by atoms with van der Waals surface area (Å²) in [6.45, 7) is 1.71. The van der Waals surface area contributed by atoms with E-state index < -0.39 is 6.04 Å². The molecule has 0 spiro atoms. The van der Waals surface area contributed by atoms with Crippen molar-refractivity contribution in [3.8, 4) is 0 Å². The topological polar surface area (TPSA) is 55.1 Å². The molecule has 86 valence electrons. The average molecular weight is 218 g/mol. The van der Waals surface area contributed by atoms with Gasteiger partial charge in [0, 0.05) is 0 Å². The summed E-state index contributed by atoms with van der Waals surface area (Å²) in [5, 5.41) is 3.08. The third-order valence-corrected chi connectivity index (χ3v) is 3.31. The second-order valence-electron chi connectivity index (χ2n) is 4.58. The number of hydrogen-bond donors (Lipinski definition) is 2. The lowest BCUT2D eigenvalue weighted by Gasteiger charge is -2.43. The first-order valence-electron chi connectivity index (χ1n) is 5.77. The number of amides is 1. The van der Waals surface area contributed by atoms with Gasteiger partial charge < -0.3 is 11.1 Å². The van der Waals surface area contributed by atoms with Gasteiger partial charge in [0.2, 0.25) is 5.91 Å². The van der Waals surface area contributed by atoms with Gasteiger partial charge in [-0.05, 0) is 31.7 Å². The van der Waals surface area contributed by atoms with Gasteiger partial charge in [-0.1, -0.05) is 30.3 Å². The molecule has 1 aromatic carbocycles. The molecule has 3 nitrogen and oxygen atoms in total. The highest BCUT2D eigenvalue weighted by Gasteiger charge is 2.40. The van der Waals surface area contributed by atoms with Crippen LogP contribution in [-0.2, 0) is 10.3 Å². The molecule has 1 aromatic rings. The van der Waals surface area contributed by atoms with Crippen molar-refractivity contribution in [2.45, 2.75) is 37.8 Å². The van der Waals surface area contributed by atoms with Crippen molar-refractivity contribution in [2.75, 3.05) is 0 Å². The lowest BCUT2D eigenvalue weighted by molar-refractivity contribution is -0.125. The van der Waals surface area contributed by atoms with E-state index >= 15 is 0 Å². The molecule has 0 heterocycles. The first-order valence-corrected chi connectivity index (χ1v) is 5.77. The average Bonchev–Trinajstić information content (AvgIpc) is 2.24. The maximum Gasteiger partial charge on any atom is 0.237 e. The van der Waals surface area contributed by atoms with Crippen molar-refractivity contribution in [3.63, 3.8) is 0 Å². The Hall–Kier alpha value is -1.35. The molecule has 0 aliphatic heterocycles. The molecule has 1 saturated carbocycles. The Morgan fingerprint density at radius 3 is 2.44 bits per heavy atom. The van der Waals surface area contributed by atoms with Crippen molar-refractivity contribution < 1.29 is 4.79 Å². The molecule has 1 aliphatic carbocycles. The van der Waals surface area contributed by atoms with Crippen LogP contribution in [0.5, 0.6) is 0 Å². The molecule has 16 heavy (non-hydrogen) atoms. The molecule has 1 atom stereocenters. The maximum absolute atomic E-state index is 11.7. The Morgan fingerprint density at radius 2 is 2.00 bits per heavy atom. The summed E-state index contributed by atoms with van der Waals surface area (Å²) in [6, 6.07) is 9.70. The highest BCUT2D eigenvalue weighted by atomic mass is 16.2. The van der Waals surface area contributed by atoms with Crippen LogP contribution in [0.1, 0.15) is 31.7 Å². The first kappa shape index (κ1) is 11.1. The maximum atomic E-state index is 11.7. The zero-order valence-corrected chi connectivity index (χ0v) is 9.57. The highest BCUT2D eigenvalue weighted by Crippen LogP contribution is 2.41. The van der Waals surface area contributed by atoms with Gasteiger partial charge in [-0.15, -0.1) is 0 Å². The SMILES string of the molecule is C[C@H](N)C(=O)NC1(c2ccccc2)CCC1. The third kappa shape index (κ3) is 1.95. The third-order valence-electron chi connectivity index (χ3n) is 3.31. The monoisotopic (exact) mass is 218 g/mol. The Kier molecular flexibility index (Phi) is 2.97. The fourth-order valence-corrected chi connectivity index (χ4v) is 2.12. The minimum absolute atomic E-state index is 0.0662. The summed E-state index contributed by atoms with van der Waals surface area (Å²) < 4.78 is 0. The largest absolute Gasteiger partial charge is 0.345 e. The summed E-state index contributed by atoms with van der Waals surface area (Å²) in [7, 11) is 0. The van der Waals surface area contributed by atoms with Gasteiger partial charge in [0.25, 0.3) is 0 Å².